The van der Waals surface area contributed by atoms with Crippen molar-refractivity contribution in [1.82, 2.24) is 0 Å². The maximum atomic E-state index is 5.13. The summed E-state index contributed by atoms with van der Waals surface area (Å²) in [6.07, 6.45) is 1.82. The Morgan fingerprint density at radius 1 is 1.00 bits per heavy atom. The second-order valence-electron chi connectivity index (χ2n) is 2.07. The van der Waals surface area contributed by atoms with Crippen molar-refractivity contribution < 1.29 is 18.0 Å². The summed E-state index contributed by atoms with van der Waals surface area (Å²) < 4.78 is 20.2. The number of methoxy groups -OCH3 is 1. The first-order valence-electron chi connectivity index (χ1n) is 3.56. The first-order chi connectivity index (χ1) is 5.74. The van der Waals surface area contributed by atoms with E-state index in [1.807, 2.05) is 6.08 Å². The Morgan fingerprint density at radius 2 is 1.50 bits per heavy atom. The van der Waals surface area contributed by atoms with E-state index in [-0.39, 0.29) is 0 Å². The number of hydrogen-bond donors (Lipinski definition) is 0. The van der Waals surface area contributed by atoms with Gasteiger partial charge in [-0.3, -0.25) is 0 Å². The van der Waals surface area contributed by atoms with Crippen LogP contribution in [0.1, 0.15) is 0 Å². The van der Waals surface area contributed by atoms with Crippen LogP contribution in [-0.2, 0) is 18.0 Å². The Bertz CT molecular complexity index is 125. The molecule has 0 saturated heterocycles. The molecule has 0 radical (unpaired) electrons. The minimum atomic E-state index is -2.52. The first kappa shape index (κ1) is 11.8. The van der Waals surface area contributed by atoms with Gasteiger partial charge in [-0.05, 0) is 5.70 Å². The van der Waals surface area contributed by atoms with Crippen molar-refractivity contribution >= 4 is 8.80 Å². The standard InChI is InChI=1S/C7H16O4Si/c1-8-6-5-7-12(9-2,10-3)11-4/h5,7H,6H2,1-4H3. The smallest absolute Gasteiger partial charge is 0.381 e. The second-order valence-corrected chi connectivity index (χ2v) is 4.84. The molecule has 0 atom stereocenters. The zero-order chi connectivity index (χ0) is 9.45. The van der Waals surface area contributed by atoms with Crippen LogP contribution in [0.3, 0.4) is 0 Å². The third-order valence-electron chi connectivity index (χ3n) is 1.44. The van der Waals surface area contributed by atoms with E-state index in [4.69, 9.17) is 18.0 Å². The van der Waals surface area contributed by atoms with Crippen molar-refractivity contribution in [3.05, 3.63) is 11.8 Å². The van der Waals surface area contributed by atoms with Gasteiger partial charge in [0.25, 0.3) is 0 Å². The van der Waals surface area contributed by atoms with E-state index in [2.05, 4.69) is 0 Å². The molecule has 72 valence electrons. The Balaban J connectivity index is 4.09. The first-order valence-corrected chi connectivity index (χ1v) is 5.37. The van der Waals surface area contributed by atoms with E-state index < -0.39 is 8.80 Å². The molecule has 0 aliphatic carbocycles. The van der Waals surface area contributed by atoms with Gasteiger partial charge >= 0.3 is 8.80 Å². The molecule has 0 aliphatic heterocycles. The fourth-order valence-electron chi connectivity index (χ4n) is 0.743. The summed E-state index contributed by atoms with van der Waals surface area (Å²) in [5.41, 5.74) is 1.79. The highest BCUT2D eigenvalue weighted by Crippen LogP contribution is 2.06. The minimum Gasteiger partial charge on any atom is -0.381 e. The highest BCUT2D eigenvalue weighted by Gasteiger charge is 2.33. The lowest BCUT2D eigenvalue weighted by Crippen LogP contribution is -2.41. The van der Waals surface area contributed by atoms with Gasteiger partial charge in [0.15, 0.2) is 0 Å². The molecule has 0 aliphatic rings. The van der Waals surface area contributed by atoms with E-state index in [1.54, 1.807) is 34.1 Å². The summed E-state index contributed by atoms with van der Waals surface area (Å²) in [5.74, 6) is 0. The van der Waals surface area contributed by atoms with Crippen LogP contribution in [0.2, 0.25) is 0 Å². The van der Waals surface area contributed by atoms with Gasteiger partial charge in [-0.25, -0.2) is 0 Å². The summed E-state index contributed by atoms with van der Waals surface area (Å²) in [5, 5.41) is 0. The SMILES string of the molecule is COCC=C[Si](OC)(OC)OC. The fraction of sp³-hybridized carbons (Fsp3) is 0.714. The van der Waals surface area contributed by atoms with Crippen molar-refractivity contribution in [1.29, 1.82) is 0 Å². The van der Waals surface area contributed by atoms with Crippen LogP contribution in [0.25, 0.3) is 0 Å². The molecule has 0 aromatic rings. The van der Waals surface area contributed by atoms with Gasteiger partial charge < -0.3 is 18.0 Å². The monoisotopic (exact) mass is 192 g/mol. The van der Waals surface area contributed by atoms with Crippen LogP contribution in [0.4, 0.5) is 0 Å². The molecule has 0 aromatic carbocycles. The lowest BCUT2D eigenvalue weighted by Gasteiger charge is -2.20. The Labute approximate surface area is 74.4 Å². The highest BCUT2D eigenvalue weighted by molar-refractivity contribution is 6.66. The van der Waals surface area contributed by atoms with Gasteiger partial charge in [-0.2, -0.15) is 0 Å². The maximum absolute atomic E-state index is 5.13. The molecule has 0 bridgehead atoms. The largest absolute Gasteiger partial charge is 0.528 e. The summed E-state index contributed by atoms with van der Waals surface area (Å²) in [4.78, 5) is 0. The number of ether oxygens (including phenoxy) is 1. The van der Waals surface area contributed by atoms with E-state index in [0.717, 1.165) is 0 Å². The van der Waals surface area contributed by atoms with Crippen molar-refractivity contribution in [2.75, 3.05) is 35.0 Å². The van der Waals surface area contributed by atoms with Gasteiger partial charge in [-0.15, -0.1) is 0 Å². The summed E-state index contributed by atoms with van der Waals surface area (Å²) >= 11 is 0. The lowest BCUT2D eigenvalue weighted by atomic mass is 10.7. The summed E-state index contributed by atoms with van der Waals surface area (Å²) in [6, 6.07) is 0. The zero-order valence-electron chi connectivity index (χ0n) is 7.99. The van der Waals surface area contributed by atoms with Gasteiger partial charge in [-0.1, -0.05) is 6.08 Å². The van der Waals surface area contributed by atoms with E-state index in [1.165, 1.54) is 0 Å². The van der Waals surface area contributed by atoms with Crippen LogP contribution >= 0.6 is 0 Å². The molecular formula is C7H16O4Si. The van der Waals surface area contributed by atoms with Gasteiger partial charge in [0.1, 0.15) is 0 Å². The van der Waals surface area contributed by atoms with Crippen molar-refractivity contribution in [3.63, 3.8) is 0 Å². The quantitative estimate of drug-likeness (QED) is 0.578. The highest BCUT2D eigenvalue weighted by atomic mass is 28.4. The van der Waals surface area contributed by atoms with Gasteiger partial charge in [0.05, 0.1) is 6.61 Å². The molecule has 0 N–H and O–H groups in total. The van der Waals surface area contributed by atoms with Crippen LogP contribution in [-0.4, -0.2) is 43.9 Å². The summed E-state index contributed by atoms with van der Waals surface area (Å²) in [6.45, 7) is 0.533. The van der Waals surface area contributed by atoms with Crippen molar-refractivity contribution in [2.45, 2.75) is 0 Å². The molecule has 12 heavy (non-hydrogen) atoms. The van der Waals surface area contributed by atoms with Gasteiger partial charge in [0, 0.05) is 28.4 Å². The minimum absolute atomic E-state index is 0.533. The van der Waals surface area contributed by atoms with E-state index >= 15 is 0 Å². The van der Waals surface area contributed by atoms with E-state index in [0.29, 0.717) is 6.61 Å². The topological polar surface area (TPSA) is 36.9 Å². The van der Waals surface area contributed by atoms with Crippen molar-refractivity contribution in [3.8, 4) is 0 Å². The molecule has 4 nitrogen and oxygen atoms in total. The molecule has 0 amide bonds. The third-order valence-corrected chi connectivity index (χ3v) is 3.79. The predicted molar refractivity (Wildman–Crippen MR) is 47.8 cm³/mol. The normalized spacial score (nSPS) is 12.7. The third kappa shape index (κ3) is 3.46. The molecule has 0 unspecified atom stereocenters. The van der Waals surface area contributed by atoms with Gasteiger partial charge in [0.2, 0.25) is 0 Å². The molecular weight excluding hydrogens is 176 g/mol. The molecule has 0 spiro atoms. The zero-order valence-corrected chi connectivity index (χ0v) is 8.99. The molecule has 0 saturated carbocycles. The molecule has 5 heteroatoms. The average molecular weight is 192 g/mol. The fourth-order valence-corrected chi connectivity index (χ4v) is 2.04. The maximum Gasteiger partial charge on any atom is 0.528 e. The average Bonchev–Trinajstić information content (AvgIpc) is 2.14. The number of hydrogen-bond acceptors (Lipinski definition) is 4. The molecule has 0 heterocycles. The second kappa shape index (κ2) is 6.33. The number of rotatable bonds is 6. The van der Waals surface area contributed by atoms with Crippen LogP contribution in [0.5, 0.6) is 0 Å². The van der Waals surface area contributed by atoms with Crippen LogP contribution in [0, 0.1) is 0 Å². The Morgan fingerprint density at radius 3 is 1.83 bits per heavy atom. The van der Waals surface area contributed by atoms with E-state index in [9.17, 15) is 0 Å². The molecule has 0 fully saturated rings. The van der Waals surface area contributed by atoms with Crippen LogP contribution < -0.4 is 0 Å². The lowest BCUT2D eigenvalue weighted by molar-refractivity contribution is 0.138. The van der Waals surface area contributed by atoms with Crippen LogP contribution in [0.15, 0.2) is 11.8 Å². The Kier molecular flexibility index (Phi) is 6.22. The molecule has 0 aromatic heterocycles. The Hall–Kier alpha value is -0.203. The van der Waals surface area contributed by atoms with Crippen molar-refractivity contribution in [2.24, 2.45) is 0 Å². The molecule has 0 rings (SSSR count). The predicted octanol–water partition coefficient (Wildman–Crippen LogP) is 0.606. The summed E-state index contributed by atoms with van der Waals surface area (Å²) in [7, 11) is 3.81.